The first kappa shape index (κ1) is 12.1. The van der Waals surface area contributed by atoms with E-state index in [9.17, 15) is 4.21 Å². The maximum absolute atomic E-state index is 11.2. The van der Waals surface area contributed by atoms with Crippen molar-refractivity contribution in [1.82, 2.24) is 10.2 Å². The summed E-state index contributed by atoms with van der Waals surface area (Å²) in [7, 11) is -0.688. The van der Waals surface area contributed by atoms with Crippen molar-refractivity contribution < 1.29 is 4.21 Å². The van der Waals surface area contributed by atoms with Crippen LogP contribution in [0.5, 0.6) is 0 Å². The van der Waals surface area contributed by atoms with Crippen molar-refractivity contribution in [3.63, 3.8) is 0 Å². The van der Waals surface area contributed by atoms with Crippen LogP contribution in [0.1, 0.15) is 20.3 Å². The summed E-state index contributed by atoms with van der Waals surface area (Å²) >= 11 is 0. The molecule has 3 atom stereocenters. The first-order valence-electron chi connectivity index (χ1n) is 5.37. The molecule has 14 heavy (non-hydrogen) atoms. The van der Waals surface area contributed by atoms with Gasteiger partial charge in [-0.1, -0.05) is 0 Å². The molecule has 1 N–H and O–H groups in total. The largest absolute Gasteiger partial charge is 0.313 e. The monoisotopic (exact) mass is 218 g/mol. The first-order chi connectivity index (χ1) is 6.59. The maximum atomic E-state index is 11.2. The van der Waals surface area contributed by atoms with Crippen LogP contribution < -0.4 is 5.32 Å². The molecule has 0 aromatic rings. The van der Waals surface area contributed by atoms with E-state index in [0.29, 0.717) is 11.3 Å². The van der Waals surface area contributed by atoms with Gasteiger partial charge in [0.2, 0.25) is 0 Å². The van der Waals surface area contributed by atoms with E-state index >= 15 is 0 Å². The van der Waals surface area contributed by atoms with Crippen LogP contribution in [-0.2, 0) is 10.8 Å². The minimum atomic E-state index is -0.688. The highest BCUT2D eigenvalue weighted by Crippen LogP contribution is 2.04. The van der Waals surface area contributed by atoms with Gasteiger partial charge in [0.25, 0.3) is 0 Å². The van der Waals surface area contributed by atoms with Crippen LogP contribution in [0, 0.1) is 0 Å². The Morgan fingerprint density at radius 3 is 2.93 bits per heavy atom. The molecule has 1 heterocycles. The quantitative estimate of drug-likeness (QED) is 0.746. The van der Waals surface area contributed by atoms with Gasteiger partial charge in [0.15, 0.2) is 0 Å². The molecular formula is C10H22N2OS. The lowest BCUT2D eigenvalue weighted by Gasteiger charge is -2.22. The molecule has 0 aromatic heterocycles. The van der Waals surface area contributed by atoms with Gasteiger partial charge < -0.3 is 10.2 Å². The van der Waals surface area contributed by atoms with Gasteiger partial charge in [-0.15, -0.1) is 0 Å². The number of rotatable bonds is 3. The predicted molar refractivity (Wildman–Crippen MR) is 62.1 cm³/mol. The second-order valence-corrected chi connectivity index (χ2v) is 6.06. The second kappa shape index (κ2) is 5.83. The van der Waals surface area contributed by atoms with Gasteiger partial charge in [-0.3, -0.25) is 4.21 Å². The van der Waals surface area contributed by atoms with Crippen molar-refractivity contribution in [3.05, 3.63) is 0 Å². The normalized spacial score (nSPS) is 29.5. The van der Waals surface area contributed by atoms with E-state index in [2.05, 4.69) is 24.1 Å². The summed E-state index contributed by atoms with van der Waals surface area (Å²) in [6, 6.07) is 0.627. The average molecular weight is 218 g/mol. The van der Waals surface area contributed by atoms with Crippen LogP contribution >= 0.6 is 0 Å². The number of nitrogens with one attached hydrogen (secondary N) is 1. The zero-order valence-electron chi connectivity index (χ0n) is 9.45. The summed E-state index contributed by atoms with van der Waals surface area (Å²) in [5.41, 5.74) is 0. The molecule has 3 unspecified atom stereocenters. The van der Waals surface area contributed by atoms with Gasteiger partial charge in [-0.2, -0.15) is 0 Å². The first-order valence-corrected chi connectivity index (χ1v) is 6.99. The Labute approximate surface area is 89.7 Å². The fourth-order valence-electron chi connectivity index (χ4n) is 1.71. The molecule has 1 aliphatic rings. The standard InChI is InChI=1S/C10H22N2OS/c1-9-4-6-12(7-5-11-9)8-10(2)14(3)13/h9-11H,4-8H2,1-3H3. The molecule has 1 fully saturated rings. The van der Waals surface area contributed by atoms with E-state index in [1.165, 1.54) is 6.42 Å². The zero-order chi connectivity index (χ0) is 10.6. The van der Waals surface area contributed by atoms with Crippen molar-refractivity contribution in [2.45, 2.75) is 31.6 Å². The summed E-state index contributed by atoms with van der Waals surface area (Å²) in [6.07, 6.45) is 2.99. The molecule has 1 rings (SSSR count). The number of hydrogen-bond donors (Lipinski definition) is 1. The minimum absolute atomic E-state index is 0.295. The average Bonchev–Trinajstić information content (AvgIpc) is 2.31. The Morgan fingerprint density at radius 1 is 1.57 bits per heavy atom. The molecule has 0 radical (unpaired) electrons. The number of hydrogen-bond acceptors (Lipinski definition) is 3. The lowest BCUT2D eigenvalue weighted by Crippen LogP contribution is -2.35. The third-order valence-corrected chi connectivity index (χ3v) is 4.16. The van der Waals surface area contributed by atoms with Crippen molar-refractivity contribution >= 4 is 10.8 Å². The summed E-state index contributed by atoms with van der Waals surface area (Å²) in [5.74, 6) is 0. The van der Waals surface area contributed by atoms with E-state index in [0.717, 1.165) is 26.2 Å². The molecule has 84 valence electrons. The van der Waals surface area contributed by atoms with E-state index in [1.54, 1.807) is 6.26 Å². The Kier molecular flexibility index (Phi) is 5.06. The van der Waals surface area contributed by atoms with Gasteiger partial charge in [0, 0.05) is 48.0 Å². The molecular weight excluding hydrogens is 196 g/mol. The van der Waals surface area contributed by atoms with E-state index in [4.69, 9.17) is 0 Å². The summed E-state index contributed by atoms with van der Waals surface area (Å²) in [6.45, 7) is 8.55. The van der Waals surface area contributed by atoms with Crippen molar-refractivity contribution in [2.24, 2.45) is 0 Å². The maximum Gasteiger partial charge on any atom is 0.0444 e. The van der Waals surface area contributed by atoms with Gasteiger partial charge in [-0.25, -0.2) is 0 Å². The highest BCUT2D eigenvalue weighted by molar-refractivity contribution is 7.84. The molecule has 3 nitrogen and oxygen atoms in total. The van der Waals surface area contributed by atoms with Crippen LogP contribution in [0.25, 0.3) is 0 Å². The van der Waals surface area contributed by atoms with Crippen LogP contribution in [0.2, 0.25) is 0 Å². The van der Waals surface area contributed by atoms with Crippen LogP contribution in [-0.4, -0.2) is 52.8 Å². The summed E-state index contributed by atoms with van der Waals surface area (Å²) in [5, 5.41) is 3.75. The molecule has 4 heteroatoms. The minimum Gasteiger partial charge on any atom is -0.313 e. The fourth-order valence-corrected chi connectivity index (χ4v) is 2.13. The van der Waals surface area contributed by atoms with E-state index in [1.807, 2.05) is 0 Å². The third kappa shape index (κ3) is 4.07. The molecule has 0 aliphatic carbocycles. The Hall–Kier alpha value is 0.0700. The third-order valence-electron chi connectivity index (χ3n) is 2.88. The predicted octanol–water partition coefficient (Wildman–Crippen LogP) is 0.437. The van der Waals surface area contributed by atoms with E-state index in [-0.39, 0.29) is 0 Å². The molecule has 0 amide bonds. The van der Waals surface area contributed by atoms with Crippen LogP contribution in [0.4, 0.5) is 0 Å². The van der Waals surface area contributed by atoms with Gasteiger partial charge >= 0.3 is 0 Å². The van der Waals surface area contributed by atoms with E-state index < -0.39 is 10.8 Å². The van der Waals surface area contributed by atoms with Crippen molar-refractivity contribution in [1.29, 1.82) is 0 Å². The zero-order valence-corrected chi connectivity index (χ0v) is 10.3. The van der Waals surface area contributed by atoms with Gasteiger partial charge in [0.1, 0.15) is 0 Å². The molecule has 1 saturated heterocycles. The van der Waals surface area contributed by atoms with Crippen molar-refractivity contribution in [3.8, 4) is 0 Å². The van der Waals surface area contributed by atoms with Gasteiger partial charge in [-0.05, 0) is 26.8 Å². The topological polar surface area (TPSA) is 32.3 Å². The Balaban J connectivity index is 2.33. The smallest absolute Gasteiger partial charge is 0.0444 e. The van der Waals surface area contributed by atoms with Gasteiger partial charge in [0.05, 0.1) is 0 Å². The number of nitrogens with zero attached hydrogens (tertiary/aromatic N) is 1. The van der Waals surface area contributed by atoms with Crippen LogP contribution in [0.15, 0.2) is 0 Å². The fraction of sp³-hybridized carbons (Fsp3) is 1.00. The molecule has 1 aliphatic heterocycles. The second-order valence-electron chi connectivity index (χ2n) is 4.25. The highest BCUT2D eigenvalue weighted by Gasteiger charge is 2.16. The Bertz CT molecular complexity index is 199. The molecule has 0 saturated carbocycles. The molecule has 0 bridgehead atoms. The lowest BCUT2D eigenvalue weighted by molar-refractivity contribution is 0.293. The lowest BCUT2D eigenvalue weighted by atomic mass is 10.2. The summed E-state index contributed by atoms with van der Waals surface area (Å²) < 4.78 is 11.2. The van der Waals surface area contributed by atoms with Crippen molar-refractivity contribution in [2.75, 3.05) is 32.4 Å². The highest BCUT2D eigenvalue weighted by atomic mass is 32.2. The van der Waals surface area contributed by atoms with Crippen LogP contribution in [0.3, 0.4) is 0 Å². The molecule has 0 aromatic carbocycles. The Morgan fingerprint density at radius 2 is 2.29 bits per heavy atom. The SMILES string of the molecule is CC1CCN(CC(C)S(C)=O)CCN1. The molecule has 0 spiro atoms. The summed E-state index contributed by atoms with van der Waals surface area (Å²) in [4.78, 5) is 2.42.